The van der Waals surface area contributed by atoms with Gasteiger partial charge in [-0.1, -0.05) is 12.8 Å². The number of carbonyl (C=O) groups excluding carboxylic acids is 2. The van der Waals surface area contributed by atoms with E-state index in [9.17, 15) is 9.59 Å². The molecule has 2 aromatic heterocycles. The fourth-order valence-corrected chi connectivity index (χ4v) is 4.30. The van der Waals surface area contributed by atoms with Crippen molar-refractivity contribution >= 4 is 17.6 Å². The predicted octanol–water partition coefficient (Wildman–Crippen LogP) is 1.66. The van der Waals surface area contributed by atoms with Gasteiger partial charge in [0.2, 0.25) is 5.91 Å². The number of urea groups is 1. The summed E-state index contributed by atoms with van der Waals surface area (Å²) in [6.45, 7) is 1.77. The minimum Gasteiger partial charge on any atom is -0.339 e. The van der Waals surface area contributed by atoms with Crippen molar-refractivity contribution in [2.75, 3.05) is 20.1 Å². The summed E-state index contributed by atoms with van der Waals surface area (Å²) in [5.74, 6) is 0.468. The molecule has 2 aromatic rings. The maximum absolute atomic E-state index is 12.5. The fourth-order valence-electron chi connectivity index (χ4n) is 4.30. The molecule has 0 spiro atoms. The van der Waals surface area contributed by atoms with Crippen LogP contribution in [0, 0.1) is 5.92 Å². The van der Waals surface area contributed by atoms with Crippen LogP contribution < -0.4 is 5.32 Å². The van der Waals surface area contributed by atoms with E-state index >= 15 is 0 Å². The standard InChI is InChI=1S/C19H26N6O2/c1-23(12-14-8-18(26)25(13-14)15-4-2-3-5-15)19(27)22-10-16-9-21-17-11-20-6-7-24(16)17/h6-7,9,11,14-15H,2-5,8,10,12-13H2,1H3,(H,22,27)/t14-/m1/s1. The molecule has 4 rings (SSSR count). The number of fused-ring (bicyclic) bond motifs is 1. The minimum atomic E-state index is -0.134. The van der Waals surface area contributed by atoms with Crippen molar-refractivity contribution in [1.29, 1.82) is 0 Å². The van der Waals surface area contributed by atoms with Crippen molar-refractivity contribution in [2.45, 2.75) is 44.7 Å². The lowest BCUT2D eigenvalue weighted by atomic mass is 10.1. The van der Waals surface area contributed by atoms with E-state index in [2.05, 4.69) is 20.2 Å². The highest BCUT2D eigenvalue weighted by atomic mass is 16.2. The summed E-state index contributed by atoms with van der Waals surface area (Å²) in [4.78, 5) is 36.8. The van der Waals surface area contributed by atoms with Crippen LogP contribution in [0.15, 0.2) is 24.8 Å². The molecule has 27 heavy (non-hydrogen) atoms. The largest absolute Gasteiger partial charge is 0.339 e. The van der Waals surface area contributed by atoms with Crippen LogP contribution in [0.25, 0.3) is 5.65 Å². The van der Waals surface area contributed by atoms with E-state index in [1.54, 1.807) is 30.5 Å². The SMILES string of the molecule is CN(C[C@H]1CC(=O)N(C2CCCC2)C1)C(=O)NCc1cnc2cnccn12. The Balaban J connectivity index is 1.28. The van der Waals surface area contributed by atoms with Gasteiger partial charge >= 0.3 is 6.03 Å². The van der Waals surface area contributed by atoms with Crippen LogP contribution in [0.4, 0.5) is 4.79 Å². The van der Waals surface area contributed by atoms with Crippen molar-refractivity contribution in [3.8, 4) is 0 Å². The number of likely N-dealkylation sites (tertiary alicyclic amines) is 1. The van der Waals surface area contributed by atoms with Gasteiger partial charge in [-0.05, 0) is 12.8 Å². The summed E-state index contributed by atoms with van der Waals surface area (Å²) >= 11 is 0. The molecule has 0 radical (unpaired) electrons. The van der Waals surface area contributed by atoms with Gasteiger partial charge in [0.1, 0.15) is 0 Å². The van der Waals surface area contributed by atoms with Crippen LogP contribution in [0.5, 0.6) is 0 Å². The van der Waals surface area contributed by atoms with Crippen molar-refractivity contribution in [2.24, 2.45) is 5.92 Å². The lowest BCUT2D eigenvalue weighted by molar-refractivity contribution is -0.129. The number of hydrogen-bond donors (Lipinski definition) is 1. The van der Waals surface area contributed by atoms with E-state index < -0.39 is 0 Å². The Morgan fingerprint density at radius 2 is 2.15 bits per heavy atom. The number of rotatable bonds is 5. The van der Waals surface area contributed by atoms with Crippen LogP contribution >= 0.6 is 0 Å². The summed E-state index contributed by atoms with van der Waals surface area (Å²) in [5.41, 5.74) is 1.66. The van der Waals surface area contributed by atoms with Gasteiger partial charge in [-0.3, -0.25) is 14.2 Å². The van der Waals surface area contributed by atoms with Gasteiger partial charge in [-0.2, -0.15) is 0 Å². The molecular formula is C19H26N6O2. The number of nitrogens with zero attached hydrogens (tertiary/aromatic N) is 5. The van der Waals surface area contributed by atoms with Crippen molar-refractivity contribution in [1.82, 2.24) is 29.5 Å². The molecule has 3 heterocycles. The average Bonchev–Trinajstić information content (AvgIpc) is 3.39. The first-order chi connectivity index (χ1) is 13.1. The van der Waals surface area contributed by atoms with Crippen LogP contribution in [-0.2, 0) is 11.3 Å². The highest BCUT2D eigenvalue weighted by molar-refractivity contribution is 5.79. The van der Waals surface area contributed by atoms with Crippen LogP contribution in [-0.4, -0.2) is 62.3 Å². The molecule has 8 nitrogen and oxygen atoms in total. The molecule has 1 atom stereocenters. The molecule has 1 saturated heterocycles. The van der Waals surface area contributed by atoms with Gasteiger partial charge in [-0.25, -0.2) is 9.78 Å². The van der Waals surface area contributed by atoms with E-state index in [0.29, 0.717) is 25.6 Å². The Bertz CT molecular complexity index is 828. The molecular weight excluding hydrogens is 344 g/mol. The zero-order chi connectivity index (χ0) is 18.8. The maximum Gasteiger partial charge on any atom is 0.317 e. The first-order valence-corrected chi connectivity index (χ1v) is 9.66. The molecule has 3 amide bonds. The lowest BCUT2D eigenvalue weighted by Gasteiger charge is -2.25. The van der Waals surface area contributed by atoms with E-state index in [1.807, 2.05) is 10.6 Å². The molecule has 0 unspecified atom stereocenters. The molecule has 144 valence electrons. The summed E-state index contributed by atoms with van der Waals surface area (Å²) in [6.07, 6.45) is 12.2. The lowest BCUT2D eigenvalue weighted by Crippen LogP contribution is -2.40. The third-order valence-corrected chi connectivity index (χ3v) is 5.70. The quantitative estimate of drug-likeness (QED) is 0.868. The second-order valence-electron chi connectivity index (χ2n) is 7.65. The highest BCUT2D eigenvalue weighted by Gasteiger charge is 2.36. The zero-order valence-electron chi connectivity index (χ0n) is 15.7. The van der Waals surface area contributed by atoms with Crippen molar-refractivity contribution < 1.29 is 9.59 Å². The number of hydrogen-bond acceptors (Lipinski definition) is 4. The summed E-state index contributed by atoms with van der Waals surface area (Å²) in [7, 11) is 1.79. The van der Waals surface area contributed by atoms with Gasteiger partial charge in [0, 0.05) is 50.9 Å². The first kappa shape index (κ1) is 17.8. The fraction of sp³-hybridized carbons (Fsp3) is 0.579. The predicted molar refractivity (Wildman–Crippen MR) is 99.9 cm³/mol. The Labute approximate surface area is 158 Å². The number of imidazole rings is 1. The van der Waals surface area contributed by atoms with Crippen LogP contribution in [0.1, 0.15) is 37.8 Å². The Hall–Kier alpha value is -2.64. The summed E-state index contributed by atoms with van der Waals surface area (Å²) in [5, 5.41) is 2.94. The molecule has 1 N–H and O–H groups in total. The normalized spacial score (nSPS) is 20.6. The van der Waals surface area contributed by atoms with E-state index in [1.165, 1.54) is 12.8 Å². The molecule has 2 fully saturated rings. The minimum absolute atomic E-state index is 0.134. The van der Waals surface area contributed by atoms with Crippen LogP contribution in [0.3, 0.4) is 0 Å². The molecule has 1 saturated carbocycles. The molecule has 0 aromatic carbocycles. The first-order valence-electron chi connectivity index (χ1n) is 9.66. The average molecular weight is 370 g/mol. The Morgan fingerprint density at radius 3 is 2.96 bits per heavy atom. The number of nitrogens with one attached hydrogen (secondary N) is 1. The van der Waals surface area contributed by atoms with Crippen molar-refractivity contribution in [3.05, 3.63) is 30.5 Å². The second-order valence-corrected chi connectivity index (χ2v) is 7.65. The summed E-state index contributed by atoms with van der Waals surface area (Å²) in [6, 6.07) is 0.289. The maximum atomic E-state index is 12.5. The van der Waals surface area contributed by atoms with Gasteiger partial charge in [0.15, 0.2) is 5.65 Å². The monoisotopic (exact) mass is 370 g/mol. The van der Waals surface area contributed by atoms with Crippen molar-refractivity contribution in [3.63, 3.8) is 0 Å². The zero-order valence-corrected chi connectivity index (χ0v) is 15.7. The van der Waals surface area contributed by atoms with Gasteiger partial charge in [0.25, 0.3) is 0 Å². The Morgan fingerprint density at radius 1 is 1.33 bits per heavy atom. The number of amides is 3. The molecule has 2 aliphatic rings. The van der Waals surface area contributed by atoms with E-state index in [0.717, 1.165) is 30.7 Å². The smallest absolute Gasteiger partial charge is 0.317 e. The van der Waals surface area contributed by atoms with Crippen LogP contribution in [0.2, 0.25) is 0 Å². The van der Waals surface area contributed by atoms with E-state index in [-0.39, 0.29) is 17.9 Å². The summed E-state index contributed by atoms with van der Waals surface area (Å²) < 4.78 is 1.91. The highest BCUT2D eigenvalue weighted by Crippen LogP contribution is 2.29. The third kappa shape index (κ3) is 3.74. The molecule has 1 aliphatic carbocycles. The second kappa shape index (κ2) is 7.54. The number of aromatic nitrogens is 3. The Kier molecular flexibility index (Phi) is 4.96. The van der Waals surface area contributed by atoms with Gasteiger partial charge < -0.3 is 15.1 Å². The van der Waals surface area contributed by atoms with Gasteiger partial charge in [-0.15, -0.1) is 0 Å². The third-order valence-electron chi connectivity index (χ3n) is 5.70. The number of carbonyl (C=O) groups is 2. The van der Waals surface area contributed by atoms with Gasteiger partial charge in [0.05, 0.1) is 24.6 Å². The molecule has 1 aliphatic heterocycles. The molecule has 0 bridgehead atoms. The van der Waals surface area contributed by atoms with E-state index in [4.69, 9.17) is 0 Å². The topological polar surface area (TPSA) is 82.8 Å². The molecule has 8 heteroatoms.